The Morgan fingerprint density at radius 2 is 1.63 bits per heavy atom. The van der Waals surface area contributed by atoms with E-state index in [0.29, 0.717) is 5.92 Å². The van der Waals surface area contributed by atoms with Gasteiger partial charge in [-0.3, -0.25) is 0 Å². The molecule has 1 aromatic rings. The first kappa shape index (κ1) is 16.2. The molecule has 0 aliphatic heterocycles. The van der Waals surface area contributed by atoms with Crippen molar-refractivity contribution in [3.8, 4) is 0 Å². The molecule has 0 saturated carbocycles. The van der Waals surface area contributed by atoms with Gasteiger partial charge < -0.3 is 5.73 Å². The van der Waals surface area contributed by atoms with E-state index in [-0.39, 0.29) is 11.5 Å². The van der Waals surface area contributed by atoms with E-state index < -0.39 is 0 Å². The minimum atomic E-state index is 0.186. The molecule has 0 heterocycles. The fourth-order valence-electron chi connectivity index (χ4n) is 2.58. The van der Waals surface area contributed by atoms with Crippen LogP contribution in [0.5, 0.6) is 0 Å². The molecule has 1 heteroatoms. The molecule has 2 N–H and O–H groups in total. The van der Waals surface area contributed by atoms with Gasteiger partial charge in [0.2, 0.25) is 0 Å². The van der Waals surface area contributed by atoms with Crippen LogP contribution in [-0.4, -0.2) is 0 Å². The van der Waals surface area contributed by atoms with E-state index in [2.05, 4.69) is 58.9 Å². The van der Waals surface area contributed by atoms with Gasteiger partial charge in [0.25, 0.3) is 0 Å². The average molecular weight is 261 g/mol. The predicted octanol–water partition coefficient (Wildman–Crippen LogP) is 5.20. The van der Waals surface area contributed by atoms with E-state index in [0.717, 1.165) is 0 Å². The molecule has 19 heavy (non-hydrogen) atoms. The largest absolute Gasteiger partial charge is 0.324 e. The minimum absolute atomic E-state index is 0.186. The molecule has 0 spiro atoms. The van der Waals surface area contributed by atoms with E-state index in [9.17, 15) is 0 Å². The summed E-state index contributed by atoms with van der Waals surface area (Å²) in [7, 11) is 0. The second-order valence-electron chi connectivity index (χ2n) is 6.71. The normalized spacial score (nSPS) is 15.3. The lowest BCUT2D eigenvalue weighted by Crippen LogP contribution is -2.21. The SMILES string of the molecule is CCCCC(CC)C(N)c1ccc(C(C)(C)C)cc1. The molecule has 1 nitrogen and oxygen atoms in total. The second kappa shape index (κ2) is 7.09. The van der Waals surface area contributed by atoms with Crippen LogP contribution in [0.1, 0.15) is 77.5 Å². The maximum atomic E-state index is 6.45. The van der Waals surface area contributed by atoms with Gasteiger partial charge in [0.05, 0.1) is 0 Å². The Bertz CT molecular complexity index is 358. The van der Waals surface area contributed by atoms with Crippen molar-refractivity contribution in [2.24, 2.45) is 11.7 Å². The van der Waals surface area contributed by atoms with Crippen LogP contribution in [0.3, 0.4) is 0 Å². The van der Waals surface area contributed by atoms with Gasteiger partial charge >= 0.3 is 0 Å². The fourth-order valence-corrected chi connectivity index (χ4v) is 2.58. The molecule has 108 valence electrons. The van der Waals surface area contributed by atoms with E-state index in [1.54, 1.807) is 0 Å². The fraction of sp³-hybridized carbons (Fsp3) is 0.667. The summed E-state index contributed by atoms with van der Waals surface area (Å²) in [5.74, 6) is 0.612. The average Bonchev–Trinajstić information content (AvgIpc) is 2.38. The molecule has 0 saturated heterocycles. The van der Waals surface area contributed by atoms with Gasteiger partial charge in [-0.1, -0.05) is 78.1 Å². The Hall–Kier alpha value is -0.820. The molecular weight excluding hydrogens is 230 g/mol. The molecule has 1 rings (SSSR count). The van der Waals surface area contributed by atoms with Crippen molar-refractivity contribution in [3.63, 3.8) is 0 Å². The lowest BCUT2D eigenvalue weighted by molar-refractivity contribution is 0.378. The van der Waals surface area contributed by atoms with E-state index in [4.69, 9.17) is 5.73 Å². The molecular formula is C18H31N. The van der Waals surface area contributed by atoms with Gasteiger partial charge in [-0.25, -0.2) is 0 Å². The zero-order chi connectivity index (χ0) is 14.5. The van der Waals surface area contributed by atoms with E-state index >= 15 is 0 Å². The smallest absolute Gasteiger partial charge is 0.0323 e. The highest BCUT2D eigenvalue weighted by Gasteiger charge is 2.18. The first-order chi connectivity index (χ1) is 8.90. The van der Waals surface area contributed by atoms with Crippen molar-refractivity contribution >= 4 is 0 Å². The van der Waals surface area contributed by atoms with Crippen LogP contribution >= 0.6 is 0 Å². The zero-order valence-electron chi connectivity index (χ0n) is 13.4. The Kier molecular flexibility index (Phi) is 6.06. The third-order valence-electron chi connectivity index (χ3n) is 4.12. The van der Waals surface area contributed by atoms with Crippen molar-refractivity contribution in [3.05, 3.63) is 35.4 Å². The van der Waals surface area contributed by atoms with E-state index in [1.165, 1.54) is 36.8 Å². The van der Waals surface area contributed by atoms with Crippen molar-refractivity contribution < 1.29 is 0 Å². The maximum absolute atomic E-state index is 6.45. The Morgan fingerprint density at radius 1 is 1.05 bits per heavy atom. The summed E-state index contributed by atoms with van der Waals surface area (Å²) >= 11 is 0. The van der Waals surface area contributed by atoms with Crippen LogP contribution in [0.25, 0.3) is 0 Å². The molecule has 0 bridgehead atoms. The second-order valence-corrected chi connectivity index (χ2v) is 6.71. The van der Waals surface area contributed by atoms with Crippen LogP contribution < -0.4 is 5.73 Å². The lowest BCUT2D eigenvalue weighted by Gasteiger charge is -2.24. The topological polar surface area (TPSA) is 26.0 Å². The molecule has 1 aromatic carbocycles. The number of hydrogen-bond donors (Lipinski definition) is 1. The Labute approximate surface area is 119 Å². The van der Waals surface area contributed by atoms with Crippen LogP contribution in [-0.2, 0) is 5.41 Å². The van der Waals surface area contributed by atoms with Gasteiger partial charge in [0.1, 0.15) is 0 Å². The van der Waals surface area contributed by atoms with Crippen LogP contribution in [0.4, 0.5) is 0 Å². The van der Waals surface area contributed by atoms with Crippen LogP contribution in [0, 0.1) is 5.92 Å². The highest BCUT2D eigenvalue weighted by atomic mass is 14.6. The zero-order valence-corrected chi connectivity index (χ0v) is 13.4. The van der Waals surface area contributed by atoms with E-state index in [1.807, 2.05) is 0 Å². The highest BCUT2D eigenvalue weighted by Crippen LogP contribution is 2.29. The number of unbranched alkanes of at least 4 members (excludes halogenated alkanes) is 1. The molecule has 0 aliphatic carbocycles. The van der Waals surface area contributed by atoms with Crippen molar-refractivity contribution in [1.82, 2.24) is 0 Å². The Balaban J connectivity index is 2.78. The minimum Gasteiger partial charge on any atom is -0.324 e. The third-order valence-corrected chi connectivity index (χ3v) is 4.12. The maximum Gasteiger partial charge on any atom is 0.0323 e. The molecule has 0 aromatic heterocycles. The number of rotatable bonds is 6. The highest BCUT2D eigenvalue weighted by molar-refractivity contribution is 5.29. The van der Waals surface area contributed by atoms with Crippen molar-refractivity contribution in [2.75, 3.05) is 0 Å². The standard InChI is InChI=1S/C18H31N/c1-6-8-9-14(7-2)17(19)15-10-12-16(13-11-15)18(3,4)5/h10-14,17H,6-9,19H2,1-5H3. The molecule has 2 atom stereocenters. The number of hydrogen-bond acceptors (Lipinski definition) is 1. The van der Waals surface area contributed by atoms with Gasteiger partial charge in [-0.2, -0.15) is 0 Å². The summed E-state index contributed by atoms with van der Waals surface area (Å²) in [6.07, 6.45) is 4.95. The van der Waals surface area contributed by atoms with Crippen molar-refractivity contribution in [1.29, 1.82) is 0 Å². The monoisotopic (exact) mass is 261 g/mol. The third kappa shape index (κ3) is 4.65. The van der Waals surface area contributed by atoms with Crippen molar-refractivity contribution in [2.45, 2.75) is 71.8 Å². The summed E-state index contributed by atoms with van der Waals surface area (Å²) < 4.78 is 0. The van der Waals surface area contributed by atoms with Crippen LogP contribution in [0.2, 0.25) is 0 Å². The summed E-state index contributed by atoms with van der Waals surface area (Å²) in [6.45, 7) is 11.2. The first-order valence-corrected chi connectivity index (χ1v) is 7.76. The van der Waals surface area contributed by atoms with Gasteiger partial charge in [-0.15, -0.1) is 0 Å². The predicted molar refractivity (Wildman–Crippen MR) is 85.4 cm³/mol. The quantitative estimate of drug-likeness (QED) is 0.748. The lowest BCUT2D eigenvalue weighted by atomic mass is 9.84. The summed E-state index contributed by atoms with van der Waals surface area (Å²) in [6, 6.07) is 9.11. The first-order valence-electron chi connectivity index (χ1n) is 7.76. The molecule has 0 amide bonds. The van der Waals surface area contributed by atoms with Gasteiger partial charge in [-0.05, 0) is 28.9 Å². The number of benzene rings is 1. The molecule has 0 aliphatic rings. The summed E-state index contributed by atoms with van der Waals surface area (Å²) in [4.78, 5) is 0. The number of nitrogens with two attached hydrogens (primary N) is 1. The molecule has 0 fully saturated rings. The summed E-state index contributed by atoms with van der Waals surface area (Å²) in [5.41, 5.74) is 9.33. The van der Waals surface area contributed by atoms with Gasteiger partial charge in [0, 0.05) is 6.04 Å². The summed E-state index contributed by atoms with van der Waals surface area (Å²) in [5, 5.41) is 0. The van der Waals surface area contributed by atoms with Crippen LogP contribution in [0.15, 0.2) is 24.3 Å². The van der Waals surface area contributed by atoms with Gasteiger partial charge in [0.15, 0.2) is 0 Å². The molecule has 0 radical (unpaired) electrons. The Morgan fingerprint density at radius 3 is 2.05 bits per heavy atom. The molecule has 2 unspecified atom stereocenters.